The summed E-state index contributed by atoms with van der Waals surface area (Å²) in [4.78, 5) is 24.6. The second-order valence-corrected chi connectivity index (χ2v) is 6.60. The van der Waals surface area contributed by atoms with E-state index in [9.17, 15) is 9.59 Å². The van der Waals surface area contributed by atoms with Crippen molar-refractivity contribution in [2.45, 2.75) is 12.5 Å². The van der Waals surface area contributed by atoms with E-state index in [4.69, 9.17) is 4.74 Å². The first-order valence-corrected chi connectivity index (χ1v) is 9.83. The Balaban J connectivity index is 1.89. The largest absolute Gasteiger partial charge is 0.460 e. The van der Waals surface area contributed by atoms with E-state index in [2.05, 4.69) is 5.32 Å². The summed E-state index contributed by atoms with van der Waals surface area (Å²) in [5, 5.41) is 2.78. The fourth-order valence-corrected chi connectivity index (χ4v) is 2.77. The molecule has 1 unspecified atom stereocenters. The van der Waals surface area contributed by atoms with Gasteiger partial charge in [0.05, 0.1) is 0 Å². The Kier molecular flexibility index (Phi) is 8.49. The van der Waals surface area contributed by atoms with Crippen molar-refractivity contribution >= 4 is 29.7 Å². The molecule has 0 aliphatic heterocycles. The molecule has 0 aliphatic carbocycles. The molecule has 0 bridgehead atoms. The minimum atomic E-state index is -0.653. The second kappa shape index (κ2) is 11.2. The third-order valence-corrected chi connectivity index (χ3v) is 4.31. The lowest BCUT2D eigenvalue weighted by atomic mass is 10.1. The number of thioether (sulfide) groups is 1. The van der Waals surface area contributed by atoms with Gasteiger partial charge in [-0.05, 0) is 42.2 Å². The summed E-state index contributed by atoms with van der Waals surface area (Å²) < 4.78 is 5.31. The van der Waals surface area contributed by atoms with E-state index >= 15 is 0 Å². The van der Waals surface area contributed by atoms with Crippen LogP contribution < -0.4 is 5.32 Å². The van der Waals surface area contributed by atoms with Crippen molar-refractivity contribution in [3.63, 3.8) is 0 Å². The Bertz CT molecular complexity index is 717. The zero-order valence-corrected chi connectivity index (χ0v) is 15.6. The molecule has 1 amide bonds. The number of ether oxygens (including phenoxy) is 1. The van der Waals surface area contributed by atoms with Crippen molar-refractivity contribution < 1.29 is 14.3 Å². The summed E-state index contributed by atoms with van der Waals surface area (Å²) in [6.45, 7) is 0.171. The van der Waals surface area contributed by atoms with Crippen LogP contribution in [0.2, 0.25) is 0 Å². The molecule has 0 radical (unpaired) electrons. The van der Waals surface area contributed by atoms with Crippen LogP contribution in [0, 0.1) is 0 Å². The minimum Gasteiger partial charge on any atom is -0.460 e. The highest BCUT2D eigenvalue weighted by atomic mass is 32.2. The lowest BCUT2D eigenvalue weighted by Crippen LogP contribution is -2.42. The summed E-state index contributed by atoms with van der Waals surface area (Å²) in [6, 6.07) is 18.0. The lowest BCUT2D eigenvalue weighted by Gasteiger charge is -2.17. The van der Waals surface area contributed by atoms with Gasteiger partial charge in [0.1, 0.15) is 12.6 Å². The quantitative estimate of drug-likeness (QED) is 0.683. The SMILES string of the molecule is CSCCC(NC(=O)c1ccccc1)C(=O)OC/C=C/c1ccccc1. The highest BCUT2D eigenvalue weighted by Gasteiger charge is 2.22. The normalized spacial score (nSPS) is 11.9. The van der Waals surface area contributed by atoms with Crippen LogP contribution in [0.5, 0.6) is 0 Å². The molecule has 2 aromatic carbocycles. The summed E-state index contributed by atoms with van der Waals surface area (Å²) in [5.41, 5.74) is 1.57. The summed E-state index contributed by atoms with van der Waals surface area (Å²) in [7, 11) is 0. The third-order valence-electron chi connectivity index (χ3n) is 3.67. The molecule has 0 heterocycles. The average molecular weight is 369 g/mol. The van der Waals surface area contributed by atoms with Crippen LogP contribution in [0.4, 0.5) is 0 Å². The van der Waals surface area contributed by atoms with Gasteiger partial charge >= 0.3 is 5.97 Å². The highest BCUT2D eigenvalue weighted by Crippen LogP contribution is 2.06. The molecule has 1 atom stereocenters. The van der Waals surface area contributed by atoms with E-state index in [1.54, 1.807) is 42.1 Å². The highest BCUT2D eigenvalue weighted by molar-refractivity contribution is 7.98. The molecule has 0 spiro atoms. The van der Waals surface area contributed by atoms with Crippen LogP contribution in [0.25, 0.3) is 6.08 Å². The summed E-state index contributed by atoms with van der Waals surface area (Å²) in [5.74, 6) is 0.0730. The number of hydrogen-bond donors (Lipinski definition) is 1. The molecule has 2 aromatic rings. The van der Waals surface area contributed by atoms with Gasteiger partial charge in [-0.3, -0.25) is 4.79 Å². The molecule has 1 N–H and O–H groups in total. The standard InChI is InChI=1S/C21H23NO3S/c1-26-16-14-19(22-20(23)18-12-6-3-7-13-18)21(24)25-15-8-11-17-9-4-2-5-10-17/h2-13,19H,14-16H2,1H3,(H,22,23)/b11-8+. The number of amides is 1. The molecular formula is C21H23NO3S. The number of carbonyl (C=O) groups is 2. The van der Waals surface area contributed by atoms with Crippen molar-refractivity contribution in [3.05, 3.63) is 77.9 Å². The third kappa shape index (κ3) is 6.76. The maximum atomic E-state index is 12.3. The predicted molar refractivity (Wildman–Crippen MR) is 107 cm³/mol. The molecule has 0 aromatic heterocycles. The van der Waals surface area contributed by atoms with Crippen LogP contribution in [0.3, 0.4) is 0 Å². The first-order chi connectivity index (χ1) is 12.7. The lowest BCUT2D eigenvalue weighted by molar-refractivity contribution is -0.144. The van der Waals surface area contributed by atoms with E-state index < -0.39 is 12.0 Å². The van der Waals surface area contributed by atoms with Gasteiger partial charge in [-0.1, -0.05) is 54.6 Å². The van der Waals surface area contributed by atoms with Crippen molar-refractivity contribution in [1.82, 2.24) is 5.32 Å². The Labute approximate surface area is 158 Å². The Morgan fingerprint density at radius 2 is 1.73 bits per heavy atom. The smallest absolute Gasteiger partial charge is 0.328 e. The number of benzene rings is 2. The second-order valence-electron chi connectivity index (χ2n) is 5.62. The maximum absolute atomic E-state index is 12.3. The number of nitrogens with one attached hydrogen (secondary N) is 1. The topological polar surface area (TPSA) is 55.4 Å². The van der Waals surface area contributed by atoms with Crippen LogP contribution in [0.1, 0.15) is 22.3 Å². The molecule has 136 valence electrons. The monoisotopic (exact) mass is 369 g/mol. The van der Waals surface area contributed by atoms with Crippen LogP contribution >= 0.6 is 11.8 Å². The van der Waals surface area contributed by atoms with Gasteiger partial charge in [-0.25, -0.2) is 4.79 Å². The fraction of sp³-hybridized carbons (Fsp3) is 0.238. The molecule has 0 saturated carbocycles. The van der Waals surface area contributed by atoms with Crippen molar-refractivity contribution in [1.29, 1.82) is 0 Å². The molecule has 4 nitrogen and oxygen atoms in total. The van der Waals surface area contributed by atoms with E-state index in [0.717, 1.165) is 11.3 Å². The van der Waals surface area contributed by atoms with Gasteiger partial charge in [-0.2, -0.15) is 11.8 Å². The van der Waals surface area contributed by atoms with E-state index in [1.165, 1.54) is 0 Å². The van der Waals surface area contributed by atoms with E-state index in [-0.39, 0.29) is 12.5 Å². The molecule has 0 fully saturated rings. The zero-order valence-electron chi connectivity index (χ0n) is 14.8. The Morgan fingerprint density at radius 3 is 2.38 bits per heavy atom. The number of esters is 1. The van der Waals surface area contributed by atoms with Crippen molar-refractivity contribution in [3.8, 4) is 0 Å². The molecule has 5 heteroatoms. The molecule has 0 aliphatic rings. The van der Waals surface area contributed by atoms with Crippen LogP contribution in [0.15, 0.2) is 66.7 Å². The minimum absolute atomic E-state index is 0.171. The van der Waals surface area contributed by atoms with Gasteiger partial charge in [0, 0.05) is 5.56 Å². The zero-order chi connectivity index (χ0) is 18.6. The molecule has 0 saturated heterocycles. The molecular weight excluding hydrogens is 346 g/mol. The van der Waals surface area contributed by atoms with E-state index in [0.29, 0.717) is 12.0 Å². The summed E-state index contributed by atoms with van der Waals surface area (Å²) in [6.07, 6.45) is 6.18. The fourth-order valence-electron chi connectivity index (χ4n) is 2.29. The van der Waals surface area contributed by atoms with Gasteiger partial charge < -0.3 is 10.1 Å². The van der Waals surface area contributed by atoms with Crippen molar-refractivity contribution in [2.75, 3.05) is 18.6 Å². The first-order valence-electron chi connectivity index (χ1n) is 8.44. The Morgan fingerprint density at radius 1 is 1.08 bits per heavy atom. The van der Waals surface area contributed by atoms with Crippen molar-refractivity contribution in [2.24, 2.45) is 0 Å². The summed E-state index contributed by atoms with van der Waals surface area (Å²) >= 11 is 1.62. The average Bonchev–Trinajstić information content (AvgIpc) is 2.69. The maximum Gasteiger partial charge on any atom is 0.328 e. The number of hydrogen-bond acceptors (Lipinski definition) is 4. The van der Waals surface area contributed by atoms with Gasteiger partial charge in [0.2, 0.25) is 0 Å². The number of rotatable bonds is 9. The first kappa shape index (κ1) is 19.8. The number of carbonyl (C=O) groups excluding carboxylic acids is 2. The molecule has 26 heavy (non-hydrogen) atoms. The predicted octanol–water partition coefficient (Wildman–Crippen LogP) is 3.79. The van der Waals surface area contributed by atoms with Gasteiger partial charge in [0.15, 0.2) is 0 Å². The van der Waals surface area contributed by atoms with Gasteiger partial charge in [-0.15, -0.1) is 0 Å². The Hall–Kier alpha value is -2.53. The van der Waals surface area contributed by atoms with Gasteiger partial charge in [0.25, 0.3) is 5.91 Å². The van der Waals surface area contributed by atoms with Crippen LogP contribution in [-0.4, -0.2) is 36.5 Å². The van der Waals surface area contributed by atoms with Crippen LogP contribution in [-0.2, 0) is 9.53 Å². The van der Waals surface area contributed by atoms with E-state index in [1.807, 2.05) is 48.7 Å². The molecule has 2 rings (SSSR count).